The van der Waals surface area contributed by atoms with Gasteiger partial charge in [0.25, 0.3) is 0 Å². The van der Waals surface area contributed by atoms with E-state index in [2.05, 4.69) is 69.4 Å². The van der Waals surface area contributed by atoms with Gasteiger partial charge in [0.15, 0.2) is 6.10 Å². The lowest BCUT2D eigenvalue weighted by Crippen LogP contribution is -2.30. The van der Waals surface area contributed by atoms with Crippen LogP contribution in [-0.2, 0) is 28.6 Å². The number of hydrogen-bond donors (Lipinski definition) is 0. The van der Waals surface area contributed by atoms with Crippen molar-refractivity contribution in [3.8, 4) is 0 Å². The fraction of sp³-hybridized carbons (Fsp3) is 0.792. The lowest BCUT2D eigenvalue weighted by atomic mass is 10.1. The third-order valence-electron chi connectivity index (χ3n) is 10.8. The van der Waals surface area contributed by atoms with Crippen molar-refractivity contribution in [2.24, 2.45) is 0 Å². The van der Waals surface area contributed by atoms with Gasteiger partial charge >= 0.3 is 17.9 Å². The average molecular weight is 827 g/mol. The molecule has 0 aromatic heterocycles. The van der Waals surface area contributed by atoms with Crippen molar-refractivity contribution in [1.29, 1.82) is 0 Å². The molecule has 0 bridgehead atoms. The second kappa shape index (κ2) is 48.0. The lowest BCUT2D eigenvalue weighted by Gasteiger charge is -2.18. The molecule has 6 heteroatoms. The molecule has 0 spiro atoms. The summed E-state index contributed by atoms with van der Waals surface area (Å²) in [5.41, 5.74) is 0. The first-order chi connectivity index (χ1) is 29.0. The molecule has 0 radical (unpaired) electrons. The quantitative estimate of drug-likeness (QED) is 0.0263. The van der Waals surface area contributed by atoms with E-state index in [0.29, 0.717) is 19.3 Å². The second-order valence-electron chi connectivity index (χ2n) is 16.7. The number of hydrogen-bond acceptors (Lipinski definition) is 6. The number of carbonyl (C=O) groups is 3. The van der Waals surface area contributed by atoms with Crippen LogP contribution in [0.5, 0.6) is 0 Å². The molecule has 0 aliphatic rings. The molecule has 0 rings (SSSR count). The first-order valence-corrected chi connectivity index (χ1v) is 25.1. The normalized spacial score (nSPS) is 12.4. The molecule has 6 nitrogen and oxygen atoms in total. The summed E-state index contributed by atoms with van der Waals surface area (Å²) < 4.78 is 16.7. The SMILES string of the molecule is CC/C=C\C/C=C\C/C=C\CCCCCC(=O)OC(COC(=O)CCCCCCCCC)COC(=O)CCCCCCCCCCC/C=C\CCCCCCCCCC. The fourth-order valence-corrected chi connectivity index (χ4v) is 7.04. The third kappa shape index (κ3) is 46.3. The summed E-state index contributed by atoms with van der Waals surface area (Å²) in [7, 11) is 0. The molecule has 0 aliphatic heterocycles. The minimum atomic E-state index is -0.784. The van der Waals surface area contributed by atoms with E-state index in [4.69, 9.17) is 14.2 Å². The Morgan fingerprint density at radius 3 is 1.07 bits per heavy atom. The largest absolute Gasteiger partial charge is 0.462 e. The molecule has 0 saturated carbocycles. The van der Waals surface area contributed by atoms with E-state index in [1.54, 1.807) is 0 Å². The maximum absolute atomic E-state index is 12.7. The zero-order chi connectivity index (χ0) is 43.0. The first-order valence-electron chi connectivity index (χ1n) is 25.1. The standard InChI is InChI=1S/C53H94O6/c1-4-7-10-13-16-18-20-22-23-24-25-26-27-28-29-31-32-34-37-40-43-46-52(55)58-49-50(48-57-51(54)45-42-39-36-15-12-9-6-3)59-53(56)47-44-41-38-35-33-30-21-19-17-14-11-8-5-2/h8,11,17,19,24-25,30,33,50H,4-7,9-10,12-16,18,20-23,26-29,31-32,34-49H2,1-3H3/b11-8-,19-17-,25-24-,33-30-. The van der Waals surface area contributed by atoms with Gasteiger partial charge in [0, 0.05) is 19.3 Å². The van der Waals surface area contributed by atoms with Crippen LogP contribution >= 0.6 is 0 Å². The minimum absolute atomic E-state index is 0.0848. The summed E-state index contributed by atoms with van der Waals surface area (Å²) in [6, 6.07) is 0. The zero-order valence-electron chi connectivity index (χ0n) is 39.0. The van der Waals surface area contributed by atoms with Gasteiger partial charge in [0.2, 0.25) is 0 Å². The van der Waals surface area contributed by atoms with Gasteiger partial charge in [-0.05, 0) is 77.0 Å². The molecule has 0 aromatic rings. The highest BCUT2D eigenvalue weighted by molar-refractivity contribution is 5.71. The molecule has 0 N–H and O–H groups in total. The number of ether oxygens (including phenoxy) is 3. The van der Waals surface area contributed by atoms with E-state index >= 15 is 0 Å². The Kier molecular flexibility index (Phi) is 45.9. The highest BCUT2D eigenvalue weighted by atomic mass is 16.6. The van der Waals surface area contributed by atoms with Crippen LogP contribution in [-0.4, -0.2) is 37.2 Å². The van der Waals surface area contributed by atoms with E-state index in [1.165, 1.54) is 128 Å². The van der Waals surface area contributed by atoms with E-state index in [1.807, 2.05) is 0 Å². The Morgan fingerprint density at radius 1 is 0.356 bits per heavy atom. The van der Waals surface area contributed by atoms with Crippen LogP contribution in [0.3, 0.4) is 0 Å². The van der Waals surface area contributed by atoms with Crippen LogP contribution in [0.15, 0.2) is 48.6 Å². The van der Waals surface area contributed by atoms with Crippen molar-refractivity contribution in [1.82, 2.24) is 0 Å². The van der Waals surface area contributed by atoms with Gasteiger partial charge in [-0.3, -0.25) is 14.4 Å². The predicted molar refractivity (Wildman–Crippen MR) is 252 cm³/mol. The Hall–Kier alpha value is -2.63. The summed E-state index contributed by atoms with van der Waals surface area (Å²) in [6.07, 6.45) is 56.9. The topological polar surface area (TPSA) is 78.9 Å². The molecule has 0 heterocycles. The van der Waals surface area contributed by atoms with Crippen molar-refractivity contribution in [2.45, 2.75) is 258 Å². The zero-order valence-corrected chi connectivity index (χ0v) is 39.0. The van der Waals surface area contributed by atoms with Crippen molar-refractivity contribution >= 4 is 17.9 Å². The van der Waals surface area contributed by atoms with Crippen molar-refractivity contribution in [2.75, 3.05) is 13.2 Å². The summed E-state index contributed by atoms with van der Waals surface area (Å²) >= 11 is 0. The van der Waals surface area contributed by atoms with Crippen molar-refractivity contribution < 1.29 is 28.6 Å². The number of carbonyl (C=O) groups excluding carboxylic acids is 3. The summed E-state index contributed by atoms with van der Waals surface area (Å²) in [5, 5.41) is 0. The van der Waals surface area contributed by atoms with Crippen LogP contribution in [0.1, 0.15) is 252 Å². The molecule has 0 saturated heterocycles. The average Bonchev–Trinajstić information content (AvgIpc) is 3.23. The van der Waals surface area contributed by atoms with Gasteiger partial charge in [0.1, 0.15) is 13.2 Å². The molecule has 0 aliphatic carbocycles. The maximum atomic E-state index is 12.7. The summed E-state index contributed by atoms with van der Waals surface area (Å²) in [6.45, 7) is 6.46. The lowest BCUT2D eigenvalue weighted by molar-refractivity contribution is -0.167. The molecule has 1 unspecified atom stereocenters. The van der Waals surface area contributed by atoms with Gasteiger partial charge in [0.05, 0.1) is 0 Å². The van der Waals surface area contributed by atoms with E-state index < -0.39 is 6.10 Å². The molecule has 59 heavy (non-hydrogen) atoms. The Balaban J connectivity index is 4.22. The van der Waals surface area contributed by atoms with Gasteiger partial charge in [-0.1, -0.05) is 204 Å². The smallest absolute Gasteiger partial charge is 0.306 e. The predicted octanol–water partition coefficient (Wildman–Crippen LogP) is 16.3. The summed E-state index contributed by atoms with van der Waals surface area (Å²) in [5.74, 6) is -0.920. The van der Waals surface area contributed by atoms with Gasteiger partial charge < -0.3 is 14.2 Å². The Bertz CT molecular complexity index is 1040. The Labute approximate surface area is 365 Å². The number of allylic oxidation sites excluding steroid dienone is 8. The molecule has 0 fully saturated rings. The number of unbranched alkanes of at least 4 members (excludes halogenated alkanes) is 26. The highest BCUT2D eigenvalue weighted by Crippen LogP contribution is 2.15. The Morgan fingerprint density at radius 2 is 0.661 bits per heavy atom. The third-order valence-corrected chi connectivity index (χ3v) is 10.8. The molecule has 1 atom stereocenters. The summed E-state index contributed by atoms with van der Waals surface area (Å²) in [4.78, 5) is 37.7. The first kappa shape index (κ1) is 56.4. The number of rotatable bonds is 45. The van der Waals surface area contributed by atoms with Crippen LogP contribution in [0.2, 0.25) is 0 Å². The second-order valence-corrected chi connectivity index (χ2v) is 16.7. The van der Waals surface area contributed by atoms with Gasteiger partial charge in [-0.2, -0.15) is 0 Å². The van der Waals surface area contributed by atoms with E-state index in [0.717, 1.165) is 83.5 Å². The number of esters is 3. The van der Waals surface area contributed by atoms with E-state index in [-0.39, 0.29) is 31.1 Å². The maximum Gasteiger partial charge on any atom is 0.306 e. The van der Waals surface area contributed by atoms with E-state index in [9.17, 15) is 14.4 Å². The van der Waals surface area contributed by atoms with Crippen molar-refractivity contribution in [3.05, 3.63) is 48.6 Å². The minimum Gasteiger partial charge on any atom is -0.462 e. The van der Waals surface area contributed by atoms with Crippen LogP contribution in [0.25, 0.3) is 0 Å². The van der Waals surface area contributed by atoms with Crippen molar-refractivity contribution in [3.63, 3.8) is 0 Å². The molecule has 0 amide bonds. The van der Waals surface area contributed by atoms with Gasteiger partial charge in [-0.15, -0.1) is 0 Å². The van der Waals surface area contributed by atoms with Crippen LogP contribution < -0.4 is 0 Å². The molecular weight excluding hydrogens is 733 g/mol. The van der Waals surface area contributed by atoms with Gasteiger partial charge in [-0.25, -0.2) is 0 Å². The molecule has 342 valence electrons. The molecular formula is C53H94O6. The fourth-order valence-electron chi connectivity index (χ4n) is 7.04. The highest BCUT2D eigenvalue weighted by Gasteiger charge is 2.19. The van der Waals surface area contributed by atoms with Crippen LogP contribution in [0, 0.1) is 0 Å². The molecule has 0 aromatic carbocycles. The monoisotopic (exact) mass is 827 g/mol. The van der Waals surface area contributed by atoms with Crippen LogP contribution in [0.4, 0.5) is 0 Å².